The molecule has 1 rings (SSSR count). The van der Waals surface area contributed by atoms with Gasteiger partial charge in [0.05, 0.1) is 12.0 Å². The maximum absolute atomic E-state index is 11.5. The second kappa shape index (κ2) is 3.59. The molecule has 0 bridgehead atoms. The van der Waals surface area contributed by atoms with Gasteiger partial charge in [-0.2, -0.15) is 0 Å². The fourth-order valence-electron chi connectivity index (χ4n) is 1.45. The lowest BCUT2D eigenvalue weighted by Gasteiger charge is -2.38. The molecule has 1 amide bonds. The Morgan fingerprint density at radius 3 is 2.67 bits per heavy atom. The molecule has 12 heavy (non-hydrogen) atoms. The maximum Gasteiger partial charge on any atom is 0.228 e. The summed E-state index contributed by atoms with van der Waals surface area (Å²) in [5.41, 5.74) is 5.23. The first-order valence-corrected chi connectivity index (χ1v) is 4.17. The lowest BCUT2D eigenvalue weighted by atomic mass is 9.68. The van der Waals surface area contributed by atoms with E-state index in [4.69, 9.17) is 12.2 Å². The summed E-state index contributed by atoms with van der Waals surface area (Å²) in [4.78, 5) is 11.5. The van der Waals surface area contributed by atoms with Crippen molar-refractivity contribution < 1.29 is 4.79 Å². The molecule has 0 aromatic carbocycles. The minimum Gasteiger partial charge on any atom is -0.345 e. The van der Waals surface area contributed by atoms with Crippen molar-refractivity contribution in [3.63, 3.8) is 0 Å². The maximum atomic E-state index is 11.5. The molecule has 1 aliphatic rings. The number of terminal acetylenes is 1. The lowest BCUT2D eigenvalue weighted by molar-refractivity contribution is -0.134. The zero-order valence-corrected chi connectivity index (χ0v) is 7.10. The SMILES string of the molecule is C#CCNC(=O)C1(CN)CCC1. The lowest BCUT2D eigenvalue weighted by Crippen LogP contribution is -2.50. The van der Waals surface area contributed by atoms with Crippen LogP contribution in [0.25, 0.3) is 0 Å². The predicted octanol–water partition coefficient (Wildman–Crippen LogP) is -0.135. The average molecular weight is 166 g/mol. The summed E-state index contributed by atoms with van der Waals surface area (Å²) in [6, 6.07) is 0. The zero-order chi connectivity index (χ0) is 9.03. The Balaban J connectivity index is 2.44. The van der Waals surface area contributed by atoms with Gasteiger partial charge in [-0.3, -0.25) is 4.79 Å². The van der Waals surface area contributed by atoms with Crippen LogP contribution >= 0.6 is 0 Å². The van der Waals surface area contributed by atoms with Gasteiger partial charge >= 0.3 is 0 Å². The number of hydrogen-bond donors (Lipinski definition) is 2. The Morgan fingerprint density at radius 2 is 2.33 bits per heavy atom. The highest BCUT2D eigenvalue weighted by Crippen LogP contribution is 2.39. The van der Waals surface area contributed by atoms with Gasteiger partial charge in [-0.05, 0) is 12.8 Å². The van der Waals surface area contributed by atoms with Crippen molar-refractivity contribution in [1.82, 2.24) is 5.32 Å². The Bertz CT molecular complexity index is 208. The van der Waals surface area contributed by atoms with Crippen LogP contribution < -0.4 is 11.1 Å². The quantitative estimate of drug-likeness (QED) is 0.574. The summed E-state index contributed by atoms with van der Waals surface area (Å²) in [6.07, 6.45) is 7.93. The van der Waals surface area contributed by atoms with Gasteiger partial charge in [-0.25, -0.2) is 0 Å². The van der Waals surface area contributed by atoms with Gasteiger partial charge in [-0.1, -0.05) is 12.3 Å². The van der Waals surface area contributed by atoms with Crippen molar-refractivity contribution in [2.24, 2.45) is 11.1 Å². The van der Waals surface area contributed by atoms with E-state index in [1.165, 1.54) is 0 Å². The molecule has 3 N–H and O–H groups in total. The highest BCUT2D eigenvalue weighted by atomic mass is 16.2. The molecule has 3 heteroatoms. The van der Waals surface area contributed by atoms with Crippen LogP contribution in [0.2, 0.25) is 0 Å². The Labute approximate surface area is 72.7 Å². The summed E-state index contributed by atoms with van der Waals surface area (Å²) < 4.78 is 0. The van der Waals surface area contributed by atoms with E-state index in [1.54, 1.807) is 0 Å². The van der Waals surface area contributed by atoms with Crippen molar-refractivity contribution in [2.75, 3.05) is 13.1 Å². The summed E-state index contributed by atoms with van der Waals surface area (Å²) in [5, 5.41) is 2.67. The fourth-order valence-corrected chi connectivity index (χ4v) is 1.45. The molecule has 0 spiro atoms. The first-order chi connectivity index (χ1) is 5.75. The highest BCUT2D eigenvalue weighted by molar-refractivity contribution is 5.83. The minimum absolute atomic E-state index is 0.0224. The van der Waals surface area contributed by atoms with Gasteiger partial charge in [0.2, 0.25) is 5.91 Å². The fraction of sp³-hybridized carbons (Fsp3) is 0.667. The van der Waals surface area contributed by atoms with E-state index in [2.05, 4.69) is 11.2 Å². The topological polar surface area (TPSA) is 55.1 Å². The second-order valence-corrected chi connectivity index (χ2v) is 3.22. The molecule has 0 saturated heterocycles. The number of rotatable bonds is 3. The Hall–Kier alpha value is -1.01. The third-order valence-electron chi connectivity index (χ3n) is 2.53. The van der Waals surface area contributed by atoms with Gasteiger partial charge < -0.3 is 11.1 Å². The molecule has 0 aromatic rings. The molecular weight excluding hydrogens is 152 g/mol. The van der Waals surface area contributed by atoms with E-state index in [0.29, 0.717) is 13.1 Å². The summed E-state index contributed by atoms with van der Waals surface area (Å²) in [6.45, 7) is 0.740. The highest BCUT2D eigenvalue weighted by Gasteiger charge is 2.42. The number of hydrogen-bond acceptors (Lipinski definition) is 2. The van der Waals surface area contributed by atoms with Crippen LogP contribution in [0.15, 0.2) is 0 Å². The van der Waals surface area contributed by atoms with Crippen molar-refractivity contribution in [3.8, 4) is 12.3 Å². The third kappa shape index (κ3) is 1.44. The molecule has 1 fully saturated rings. The van der Waals surface area contributed by atoms with Gasteiger partial charge in [0.25, 0.3) is 0 Å². The van der Waals surface area contributed by atoms with Crippen LogP contribution in [-0.2, 0) is 4.79 Å². The first-order valence-electron chi connectivity index (χ1n) is 4.17. The number of nitrogens with one attached hydrogen (secondary N) is 1. The molecule has 66 valence electrons. The van der Waals surface area contributed by atoms with E-state index >= 15 is 0 Å². The standard InChI is InChI=1S/C9H14N2O/c1-2-6-11-8(12)9(7-10)4-3-5-9/h1H,3-7,10H2,(H,11,12). The Kier molecular flexibility index (Phi) is 2.72. The molecule has 0 unspecified atom stereocenters. The van der Waals surface area contributed by atoms with E-state index in [1.807, 2.05) is 0 Å². The van der Waals surface area contributed by atoms with Crippen molar-refractivity contribution in [1.29, 1.82) is 0 Å². The van der Waals surface area contributed by atoms with Crippen LogP contribution in [0.1, 0.15) is 19.3 Å². The molecule has 1 saturated carbocycles. The molecule has 0 heterocycles. The van der Waals surface area contributed by atoms with E-state index in [9.17, 15) is 4.79 Å². The van der Waals surface area contributed by atoms with Gasteiger partial charge in [0.15, 0.2) is 0 Å². The largest absolute Gasteiger partial charge is 0.345 e. The van der Waals surface area contributed by atoms with Gasteiger partial charge in [0, 0.05) is 6.54 Å². The molecule has 0 atom stereocenters. The van der Waals surface area contributed by atoms with Crippen LogP contribution in [0.4, 0.5) is 0 Å². The van der Waals surface area contributed by atoms with Crippen molar-refractivity contribution >= 4 is 5.91 Å². The summed E-state index contributed by atoms with van der Waals surface area (Å²) in [5.74, 6) is 2.39. The normalized spacial score (nSPS) is 19.0. The van der Waals surface area contributed by atoms with E-state index in [0.717, 1.165) is 19.3 Å². The summed E-state index contributed by atoms with van der Waals surface area (Å²) in [7, 11) is 0. The summed E-state index contributed by atoms with van der Waals surface area (Å²) >= 11 is 0. The molecule has 3 nitrogen and oxygen atoms in total. The molecule has 1 aliphatic carbocycles. The van der Waals surface area contributed by atoms with Crippen LogP contribution in [0, 0.1) is 17.8 Å². The van der Waals surface area contributed by atoms with Crippen molar-refractivity contribution in [2.45, 2.75) is 19.3 Å². The molecule has 0 aromatic heterocycles. The third-order valence-corrected chi connectivity index (χ3v) is 2.53. The monoisotopic (exact) mass is 166 g/mol. The van der Waals surface area contributed by atoms with Crippen molar-refractivity contribution in [3.05, 3.63) is 0 Å². The van der Waals surface area contributed by atoms with Gasteiger partial charge in [0.1, 0.15) is 0 Å². The minimum atomic E-state index is -0.295. The predicted molar refractivity (Wildman–Crippen MR) is 47.2 cm³/mol. The number of amides is 1. The van der Waals surface area contributed by atoms with E-state index in [-0.39, 0.29) is 11.3 Å². The van der Waals surface area contributed by atoms with Gasteiger partial charge in [-0.15, -0.1) is 6.42 Å². The van der Waals surface area contributed by atoms with E-state index < -0.39 is 0 Å². The van der Waals surface area contributed by atoms with Crippen LogP contribution in [0.3, 0.4) is 0 Å². The molecule has 0 aliphatic heterocycles. The second-order valence-electron chi connectivity index (χ2n) is 3.22. The zero-order valence-electron chi connectivity index (χ0n) is 7.10. The number of carbonyl (C=O) groups is 1. The number of nitrogens with two attached hydrogens (primary N) is 1. The molecule has 0 radical (unpaired) electrons. The molecular formula is C9H14N2O. The number of carbonyl (C=O) groups excluding carboxylic acids is 1. The average Bonchev–Trinajstić information content (AvgIpc) is 2.00. The van der Waals surface area contributed by atoms with Crippen LogP contribution in [0.5, 0.6) is 0 Å². The van der Waals surface area contributed by atoms with Crippen LogP contribution in [-0.4, -0.2) is 19.0 Å². The smallest absolute Gasteiger partial charge is 0.228 e. The first kappa shape index (κ1) is 9.08. The Morgan fingerprint density at radius 1 is 1.67 bits per heavy atom.